The van der Waals surface area contributed by atoms with Crippen molar-refractivity contribution in [3.8, 4) is 28.7 Å². The van der Waals surface area contributed by atoms with Crippen LogP contribution in [0, 0.1) is 30.1 Å². The van der Waals surface area contributed by atoms with Crippen LogP contribution in [0.1, 0.15) is 122 Å². The zero-order valence-corrected chi connectivity index (χ0v) is 37.8. The van der Waals surface area contributed by atoms with Crippen LogP contribution in [0.2, 0.25) is 0 Å². The van der Waals surface area contributed by atoms with Crippen LogP contribution < -0.4 is 32.0 Å². The Labute approximate surface area is 371 Å². The third-order valence-electron chi connectivity index (χ3n) is 11.3. The first-order chi connectivity index (χ1) is 29.9. The van der Waals surface area contributed by atoms with E-state index in [2.05, 4.69) is 18.3 Å². The number of ketones is 3. The zero-order valence-electron chi connectivity index (χ0n) is 37.0. The number of Topliss-reactive ketones (excluding diaryl/α,β-unsaturated/α-hetero) is 3. The number of nitrogens with one attached hydrogen (secondary N) is 1. The van der Waals surface area contributed by atoms with E-state index in [1.807, 2.05) is 19.1 Å². The Hall–Kier alpha value is -4.94. The smallest absolute Gasteiger partial charge is 0.226 e. The molecule has 4 atom stereocenters. The van der Waals surface area contributed by atoms with Gasteiger partial charge in [-0.2, -0.15) is 5.26 Å². The van der Waals surface area contributed by atoms with E-state index in [1.165, 1.54) is 41.9 Å². The standard InChI is InChI=1S/C48H66N6O7S/c1-5-6-7-8-9-10-12-36-25-31(2)46(62-36)42(57)30-35(18-20-50)48(59)54(4)45-34-15-17-44(61-24-22-52)38(29-34)37-27-33(14-16-43(37)60-23-21-51)28-39(40(55)13-11-19-49)53-47(58)32(3)26-41(45)56/h14-17,25,27,29,32,35,39,45H,5-13,18,20-24,26,28,30,50-52H2,1-4H3,(H,53,58)/t32-,35-,39+,45+/m1/s1. The lowest BCUT2D eigenvalue weighted by Gasteiger charge is -2.32. The van der Waals surface area contributed by atoms with Gasteiger partial charge in [0.25, 0.3) is 0 Å². The molecule has 7 N–H and O–H groups in total. The predicted octanol–water partition coefficient (Wildman–Crippen LogP) is 6.55. The van der Waals surface area contributed by atoms with Crippen molar-refractivity contribution in [2.24, 2.45) is 29.0 Å². The van der Waals surface area contributed by atoms with Gasteiger partial charge in [-0.05, 0) is 86.2 Å². The molecule has 62 heavy (non-hydrogen) atoms. The molecule has 0 saturated heterocycles. The maximum absolute atomic E-state index is 14.7. The fourth-order valence-corrected chi connectivity index (χ4v) is 9.15. The van der Waals surface area contributed by atoms with Gasteiger partial charge in [-0.3, -0.25) is 24.0 Å². The lowest BCUT2D eigenvalue weighted by Crippen LogP contribution is -2.46. The van der Waals surface area contributed by atoms with Crippen LogP contribution in [0.4, 0.5) is 0 Å². The fourth-order valence-electron chi connectivity index (χ4n) is 7.99. The highest BCUT2D eigenvalue weighted by Gasteiger charge is 2.36. The molecule has 2 amide bonds. The second kappa shape index (κ2) is 25.2. The van der Waals surface area contributed by atoms with Gasteiger partial charge in [0.05, 0.1) is 17.0 Å². The van der Waals surface area contributed by atoms with Crippen molar-refractivity contribution in [1.29, 1.82) is 5.26 Å². The summed E-state index contributed by atoms with van der Waals surface area (Å²) in [5.41, 5.74) is 20.9. The summed E-state index contributed by atoms with van der Waals surface area (Å²) in [6.07, 6.45) is 7.90. The predicted molar refractivity (Wildman–Crippen MR) is 243 cm³/mol. The molecule has 4 rings (SSSR count). The van der Waals surface area contributed by atoms with Crippen LogP contribution in [-0.2, 0) is 32.0 Å². The molecule has 14 heteroatoms. The maximum atomic E-state index is 14.7. The summed E-state index contributed by atoms with van der Waals surface area (Å²) in [7, 11) is 1.54. The first-order valence-corrected chi connectivity index (χ1v) is 22.9. The van der Waals surface area contributed by atoms with E-state index >= 15 is 0 Å². The highest BCUT2D eigenvalue weighted by Crippen LogP contribution is 2.41. The van der Waals surface area contributed by atoms with Crippen LogP contribution in [0.5, 0.6) is 11.5 Å². The first-order valence-electron chi connectivity index (χ1n) is 22.1. The molecule has 0 radical (unpaired) electrons. The van der Waals surface area contributed by atoms with Crippen LogP contribution in [0.3, 0.4) is 0 Å². The third kappa shape index (κ3) is 13.8. The van der Waals surface area contributed by atoms with Crippen LogP contribution in [0.25, 0.3) is 11.1 Å². The van der Waals surface area contributed by atoms with Gasteiger partial charge in [-0.25, -0.2) is 0 Å². The van der Waals surface area contributed by atoms with Gasteiger partial charge in [0.1, 0.15) is 30.8 Å². The Morgan fingerprint density at radius 3 is 2.24 bits per heavy atom. The number of ether oxygens (including phenoxy) is 2. The van der Waals surface area contributed by atoms with Crippen molar-refractivity contribution in [2.45, 2.75) is 116 Å². The number of nitrogens with zero attached hydrogens (tertiary/aromatic N) is 2. The van der Waals surface area contributed by atoms with Crippen LogP contribution >= 0.6 is 11.3 Å². The molecule has 4 bridgehead atoms. The number of carbonyl (C=O) groups is 5. The van der Waals surface area contributed by atoms with Gasteiger partial charge in [-0.15, -0.1) is 11.3 Å². The second-order valence-corrected chi connectivity index (χ2v) is 17.5. The SMILES string of the molecule is CCCCCCCCc1cc(C)c(C(=O)C[C@@H](CCN)C(=O)N(C)[C@@H]2C(=O)C[C@@H](C)C(=O)N[C@H](C(=O)CCC#N)Cc3ccc(OCCN)c(c3)-c3cc2ccc3OCCN)s1. The molecule has 336 valence electrons. The lowest BCUT2D eigenvalue weighted by atomic mass is 9.88. The molecule has 0 spiro atoms. The summed E-state index contributed by atoms with van der Waals surface area (Å²) < 4.78 is 12.3. The number of nitrogens with two attached hydrogens (primary N) is 3. The van der Waals surface area contributed by atoms with Gasteiger partial charge in [-0.1, -0.05) is 58.1 Å². The van der Waals surface area contributed by atoms with Crippen molar-refractivity contribution < 1.29 is 33.4 Å². The van der Waals surface area contributed by atoms with E-state index in [0.29, 0.717) is 38.6 Å². The van der Waals surface area contributed by atoms with Gasteiger partial charge < -0.3 is 36.9 Å². The van der Waals surface area contributed by atoms with Crippen LogP contribution in [0.15, 0.2) is 42.5 Å². The Balaban J connectivity index is 1.77. The molecule has 2 aromatic carbocycles. The maximum Gasteiger partial charge on any atom is 0.226 e. The summed E-state index contributed by atoms with van der Waals surface area (Å²) in [4.78, 5) is 73.7. The molecule has 0 fully saturated rings. The summed E-state index contributed by atoms with van der Waals surface area (Å²) >= 11 is 1.49. The normalized spacial score (nSPS) is 17.0. The molecule has 2 heterocycles. The summed E-state index contributed by atoms with van der Waals surface area (Å²) in [6.45, 7) is 6.72. The number of rotatable bonds is 23. The molecular formula is C48H66N6O7S. The van der Waals surface area contributed by atoms with Crippen LogP contribution in [-0.4, -0.2) is 80.0 Å². The Morgan fingerprint density at radius 1 is 0.919 bits per heavy atom. The summed E-state index contributed by atoms with van der Waals surface area (Å²) in [5, 5.41) is 12.1. The summed E-state index contributed by atoms with van der Waals surface area (Å²) in [5.74, 6) is -2.62. The lowest BCUT2D eigenvalue weighted by molar-refractivity contribution is -0.142. The van der Waals surface area contributed by atoms with E-state index in [1.54, 1.807) is 44.3 Å². The van der Waals surface area contributed by atoms with Crippen molar-refractivity contribution in [3.63, 3.8) is 0 Å². The number of benzene rings is 2. The van der Waals surface area contributed by atoms with Crippen molar-refractivity contribution >= 4 is 40.5 Å². The Kier molecular flexibility index (Phi) is 20.2. The van der Waals surface area contributed by atoms with Crippen molar-refractivity contribution in [1.82, 2.24) is 10.2 Å². The van der Waals surface area contributed by atoms with E-state index in [-0.39, 0.29) is 82.9 Å². The molecule has 0 aliphatic carbocycles. The molecule has 1 aliphatic heterocycles. The molecule has 3 aromatic rings. The van der Waals surface area contributed by atoms with Gasteiger partial charge in [0.2, 0.25) is 11.8 Å². The van der Waals surface area contributed by atoms with E-state index in [0.717, 1.165) is 29.7 Å². The number of hydrogen-bond donors (Lipinski definition) is 4. The number of unbranched alkanes of at least 4 members (excludes halogenated alkanes) is 5. The molecular weight excluding hydrogens is 805 g/mol. The third-order valence-corrected chi connectivity index (χ3v) is 12.7. The number of fused-ring (bicyclic) bond motifs is 5. The molecule has 0 saturated carbocycles. The molecule has 13 nitrogen and oxygen atoms in total. The van der Waals surface area contributed by atoms with Gasteiger partial charge >= 0.3 is 0 Å². The zero-order chi connectivity index (χ0) is 45.2. The van der Waals surface area contributed by atoms with Crippen molar-refractivity contribution in [3.05, 3.63) is 68.9 Å². The van der Waals surface area contributed by atoms with Crippen molar-refractivity contribution in [2.75, 3.05) is 39.9 Å². The number of carbonyl (C=O) groups excluding carboxylic acids is 5. The van der Waals surface area contributed by atoms with E-state index < -0.39 is 41.5 Å². The minimum Gasteiger partial charge on any atom is -0.492 e. The molecule has 0 unspecified atom stereocenters. The average Bonchev–Trinajstić information content (AvgIpc) is 3.64. The number of thiophene rings is 1. The first kappa shape index (κ1) is 49.7. The Bertz CT molecular complexity index is 2040. The number of likely N-dealkylation sites (N-methyl/N-ethyl adjacent to an activating group) is 1. The summed E-state index contributed by atoms with van der Waals surface area (Å²) in [6, 6.07) is 12.5. The largest absolute Gasteiger partial charge is 0.492 e. The highest BCUT2D eigenvalue weighted by molar-refractivity contribution is 7.14. The second-order valence-electron chi connectivity index (χ2n) is 16.3. The number of amides is 2. The monoisotopic (exact) mass is 870 g/mol. The highest BCUT2D eigenvalue weighted by atomic mass is 32.1. The average molecular weight is 871 g/mol. The quantitative estimate of drug-likeness (QED) is 0.0591. The van der Waals surface area contributed by atoms with E-state index in [4.69, 9.17) is 26.7 Å². The number of aryl methyl sites for hydroxylation is 2. The molecule has 1 aliphatic rings. The molecule has 1 aromatic heterocycles. The van der Waals surface area contributed by atoms with Gasteiger partial charge in [0.15, 0.2) is 17.3 Å². The fraction of sp³-hybridized carbons (Fsp3) is 0.542. The minimum atomic E-state index is -1.18. The number of hydrogen-bond acceptors (Lipinski definition) is 12. The number of nitriles is 1. The van der Waals surface area contributed by atoms with E-state index in [9.17, 15) is 29.2 Å². The topological polar surface area (TPSA) is 221 Å². The van der Waals surface area contributed by atoms with Gasteiger partial charge in [0, 0.05) is 73.7 Å². The minimum absolute atomic E-state index is 0.0169. The Morgan fingerprint density at radius 2 is 1.58 bits per heavy atom.